The highest BCUT2D eigenvalue weighted by atomic mass is 32.2. The van der Waals surface area contributed by atoms with Gasteiger partial charge in [-0.1, -0.05) is 45.9 Å². The highest BCUT2D eigenvalue weighted by Gasteiger charge is 2.26. The average molecular weight is 469 g/mol. The largest absolute Gasteiger partial charge is 0.322 e. The molecule has 0 atom stereocenters. The van der Waals surface area contributed by atoms with Crippen molar-refractivity contribution in [2.24, 2.45) is 0 Å². The second-order valence-corrected chi connectivity index (χ2v) is 10.4. The van der Waals surface area contributed by atoms with Gasteiger partial charge < -0.3 is 19.6 Å². The Balaban J connectivity index is 2.96. The van der Waals surface area contributed by atoms with E-state index >= 15 is 0 Å². The van der Waals surface area contributed by atoms with Crippen molar-refractivity contribution >= 4 is 15.9 Å². The number of hydrogen-bond acceptors (Lipinski definition) is 5. The maximum atomic E-state index is 13.5. The van der Waals surface area contributed by atoms with E-state index in [0.29, 0.717) is 18.0 Å². The maximum Gasteiger partial charge on any atom is 0.320 e. The molecule has 0 unspecified atom stereocenters. The third-order valence-corrected chi connectivity index (χ3v) is 7.71. The number of carbonyl (C=O) groups is 1. The molecule has 184 valence electrons. The van der Waals surface area contributed by atoms with E-state index in [9.17, 15) is 13.2 Å². The summed E-state index contributed by atoms with van der Waals surface area (Å²) in [6.07, 6.45) is 0. The van der Waals surface area contributed by atoms with Crippen molar-refractivity contribution in [3.63, 3.8) is 0 Å². The summed E-state index contributed by atoms with van der Waals surface area (Å²) < 4.78 is 25.5. The smallest absolute Gasteiger partial charge is 0.320 e. The number of hydrogen-bond donors (Lipinski definition) is 0. The normalized spacial score (nSPS) is 12.0. The summed E-state index contributed by atoms with van der Waals surface area (Å²) in [5.74, 6) is -0.0825. The second-order valence-electron chi connectivity index (χ2n) is 8.24. The summed E-state index contributed by atoms with van der Waals surface area (Å²) in [7, 11) is -3.44. The molecule has 7 nitrogen and oxygen atoms in total. The predicted molar refractivity (Wildman–Crippen MR) is 133 cm³/mol. The van der Waals surface area contributed by atoms with Crippen LogP contribution in [0, 0.1) is 0 Å². The number of amides is 2. The third-order valence-electron chi connectivity index (χ3n) is 6.00. The highest BCUT2D eigenvalue weighted by Crippen LogP contribution is 2.13. The minimum absolute atomic E-state index is 0.0810. The molecule has 0 radical (unpaired) electrons. The topological polar surface area (TPSA) is 64.2 Å². The van der Waals surface area contributed by atoms with E-state index in [-0.39, 0.29) is 24.4 Å². The first-order valence-corrected chi connectivity index (χ1v) is 13.6. The first kappa shape index (κ1) is 28.4. The molecule has 0 aliphatic heterocycles. The van der Waals surface area contributed by atoms with Crippen molar-refractivity contribution in [2.45, 2.75) is 52.5 Å². The second kappa shape index (κ2) is 14.5. The quantitative estimate of drug-likeness (QED) is 0.395. The minimum Gasteiger partial charge on any atom is -0.322 e. The Morgan fingerprint density at radius 2 is 1.25 bits per heavy atom. The van der Waals surface area contributed by atoms with Crippen LogP contribution in [0.5, 0.6) is 0 Å². The average Bonchev–Trinajstić information content (AvgIpc) is 2.79. The van der Waals surface area contributed by atoms with Crippen molar-refractivity contribution in [1.29, 1.82) is 0 Å². The molecule has 0 aliphatic carbocycles. The Hall–Kier alpha value is -1.64. The number of rotatable bonds is 15. The van der Waals surface area contributed by atoms with Crippen molar-refractivity contribution in [1.82, 2.24) is 19.6 Å². The van der Waals surface area contributed by atoms with E-state index in [4.69, 9.17) is 0 Å². The van der Waals surface area contributed by atoms with E-state index in [1.54, 1.807) is 35.2 Å². The molecule has 32 heavy (non-hydrogen) atoms. The van der Waals surface area contributed by atoms with Gasteiger partial charge in [0.05, 0.1) is 10.6 Å². The van der Waals surface area contributed by atoms with Gasteiger partial charge in [-0.15, -0.1) is 0 Å². The zero-order chi connectivity index (χ0) is 24.1. The summed E-state index contributed by atoms with van der Waals surface area (Å²) in [5, 5.41) is 0. The van der Waals surface area contributed by atoms with Gasteiger partial charge >= 0.3 is 6.03 Å². The van der Waals surface area contributed by atoms with E-state index < -0.39 is 9.84 Å². The van der Waals surface area contributed by atoms with Crippen LogP contribution in [0.15, 0.2) is 35.2 Å². The standard InChI is InChI=1S/C24H44N4O3S/c1-7-25(8-2)16-18-27(19-17-26(9-3)10-4)24(29)28(22(5)6)20-21-32(30,31)23-14-12-11-13-15-23/h11-15,22H,7-10,16-21H2,1-6H3. The minimum atomic E-state index is -3.44. The number of urea groups is 1. The Morgan fingerprint density at radius 3 is 1.66 bits per heavy atom. The Bertz CT molecular complexity index is 732. The Morgan fingerprint density at radius 1 is 0.781 bits per heavy atom. The van der Waals surface area contributed by atoms with Gasteiger partial charge in [0.1, 0.15) is 0 Å². The molecule has 8 heteroatoms. The van der Waals surface area contributed by atoms with Gasteiger partial charge in [-0.3, -0.25) is 0 Å². The molecular weight excluding hydrogens is 424 g/mol. The van der Waals surface area contributed by atoms with Crippen molar-refractivity contribution in [3.8, 4) is 0 Å². The number of nitrogens with zero attached hydrogens (tertiary/aromatic N) is 4. The van der Waals surface area contributed by atoms with Crippen LogP contribution in [0.4, 0.5) is 4.79 Å². The van der Waals surface area contributed by atoms with Gasteiger partial charge in [-0.25, -0.2) is 13.2 Å². The molecule has 0 aliphatic rings. The van der Waals surface area contributed by atoms with Crippen LogP contribution in [0.1, 0.15) is 41.5 Å². The van der Waals surface area contributed by atoms with Gasteiger partial charge in [-0.05, 0) is 52.2 Å². The van der Waals surface area contributed by atoms with E-state index in [1.807, 2.05) is 18.7 Å². The number of carbonyl (C=O) groups excluding carboxylic acids is 1. The zero-order valence-electron chi connectivity index (χ0n) is 21.0. The van der Waals surface area contributed by atoms with Crippen molar-refractivity contribution in [2.75, 3.05) is 64.7 Å². The number of likely N-dealkylation sites (N-methyl/N-ethyl adjacent to an activating group) is 2. The summed E-state index contributed by atoms with van der Waals surface area (Å²) in [4.78, 5) is 22.0. The van der Waals surface area contributed by atoms with Crippen LogP contribution < -0.4 is 0 Å². The molecule has 0 aromatic heterocycles. The lowest BCUT2D eigenvalue weighted by molar-refractivity contribution is 0.129. The molecule has 1 aromatic rings. The number of sulfone groups is 1. The van der Waals surface area contributed by atoms with Crippen molar-refractivity contribution in [3.05, 3.63) is 30.3 Å². The molecule has 0 heterocycles. The fourth-order valence-corrected chi connectivity index (χ4v) is 4.87. The Kier molecular flexibility index (Phi) is 12.9. The fourth-order valence-electron chi connectivity index (χ4n) is 3.63. The molecule has 0 bridgehead atoms. The van der Waals surface area contributed by atoms with Crippen LogP contribution in [-0.4, -0.2) is 105 Å². The lowest BCUT2D eigenvalue weighted by Crippen LogP contribution is -2.51. The SMILES string of the molecule is CCN(CC)CCN(CCN(CC)CC)C(=O)N(CCS(=O)(=O)c1ccccc1)C(C)C. The van der Waals surface area contributed by atoms with E-state index in [1.165, 1.54) is 0 Å². The Labute approximate surface area is 196 Å². The molecule has 1 rings (SSSR count). The molecular formula is C24H44N4O3S. The zero-order valence-corrected chi connectivity index (χ0v) is 21.8. The molecule has 0 saturated heterocycles. The summed E-state index contributed by atoms with van der Waals surface area (Å²) in [6.45, 7) is 19.2. The molecule has 0 saturated carbocycles. The lowest BCUT2D eigenvalue weighted by atomic mass is 10.3. The van der Waals surface area contributed by atoms with Gasteiger partial charge in [0.25, 0.3) is 0 Å². The lowest BCUT2D eigenvalue weighted by Gasteiger charge is -2.35. The molecule has 0 spiro atoms. The monoisotopic (exact) mass is 468 g/mol. The van der Waals surface area contributed by atoms with Gasteiger partial charge in [0.2, 0.25) is 0 Å². The summed E-state index contributed by atoms with van der Waals surface area (Å²) in [5.41, 5.74) is 0. The number of benzene rings is 1. The van der Waals surface area contributed by atoms with Gasteiger partial charge in [0, 0.05) is 38.8 Å². The molecule has 0 fully saturated rings. The first-order valence-electron chi connectivity index (χ1n) is 12.0. The van der Waals surface area contributed by atoms with Crippen LogP contribution in [-0.2, 0) is 9.84 Å². The van der Waals surface area contributed by atoms with E-state index in [0.717, 1.165) is 39.3 Å². The summed E-state index contributed by atoms with van der Waals surface area (Å²) >= 11 is 0. The van der Waals surface area contributed by atoms with Crippen LogP contribution in [0.3, 0.4) is 0 Å². The molecule has 2 amide bonds. The summed E-state index contributed by atoms with van der Waals surface area (Å²) in [6, 6.07) is 8.29. The van der Waals surface area contributed by atoms with Gasteiger partial charge in [-0.2, -0.15) is 0 Å². The maximum absolute atomic E-state index is 13.5. The fraction of sp³-hybridized carbons (Fsp3) is 0.708. The third kappa shape index (κ3) is 9.08. The van der Waals surface area contributed by atoms with Gasteiger partial charge in [0.15, 0.2) is 9.84 Å². The van der Waals surface area contributed by atoms with E-state index in [2.05, 4.69) is 37.5 Å². The van der Waals surface area contributed by atoms with Crippen LogP contribution >= 0.6 is 0 Å². The highest BCUT2D eigenvalue weighted by molar-refractivity contribution is 7.91. The van der Waals surface area contributed by atoms with Crippen LogP contribution in [0.25, 0.3) is 0 Å². The molecule has 0 N–H and O–H groups in total. The first-order chi connectivity index (χ1) is 15.2. The molecule has 1 aromatic carbocycles. The van der Waals surface area contributed by atoms with Crippen molar-refractivity contribution < 1.29 is 13.2 Å². The van der Waals surface area contributed by atoms with Crippen LogP contribution in [0.2, 0.25) is 0 Å². The predicted octanol–water partition coefficient (Wildman–Crippen LogP) is 3.28.